The Kier molecular flexibility index (Phi) is 3.46. The molecule has 2 rings (SSSR count). The summed E-state index contributed by atoms with van der Waals surface area (Å²) in [6.07, 6.45) is 3.57. The molecular weight excluding hydrogens is 230 g/mol. The van der Waals surface area contributed by atoms with Crippen LogP contribution in [0.3, 0.4) is 0 Å². The van der Waals surface area contributed by atoms with Crippen molar-refractivity contribution in [3.63, 3.8) is 0 Å². The van der Waals surface area contributed by atoms with Crippen LogP contribution in [0.25, 0.3) is 0 Å². The van der Waals surface area contributed by atoms with Gasteiger partial charge in [0.15, 0.2) is 0 Å². The molecule has 1 aliphatic rings. The average molecular weight is 244 g/mol. The Morgan fingerprint density at radius 1 is 1.69 bits per heavy atom. The Morgan fingerprint density at radius 3 is 3.25 bits per heavy atom. The van der Waals surface area contributed by atoms with Crippen LogP contribution in [-0.2, 0) is 0 Å². The largest absolute Gasteiger partial charge is 0.396 e. The van der Waals surface area contributed by atoms with E-state index in [1.807, 2.05) is 4.90 Å². The fourth-order valence-corrected chi connectivity index (χ4v) is 2.24. The molecule has 1 aliphatic heterocycles. The van der Waals surface area contributed by atoms with Crippen LogP contribution in [0.1, 0.15) is 12.8 Å². The van der Waals surface area contributed by atoms with Crippen LogP contribution >= 0.6 is 11.6 Å². The number of hydrogen-bond donors (Lipinski definition) is 2. The van der Waals surface area contributed by atoms with Gasteiger partial charge in [-0.2, -0.15) is 5.10 Å². The molecule has 6 heteroatoms. The summed E-state index contributed by atoms with van der Waals surface area (Å²) in [6, 6.07) is 0. The molecule has 5 nitrogen and oxygen atoms in total. The Hall–Kier alpha value is -1.07. The highest BCUT2D eigenvalue weighted by atomic mass is 35.5. The molecule has 1 atom stereocenters. The number of aromatic nitrogens is 2. The fraction of sp³-hybridized carbons (Fsp3) is 0.600. The van der Waals surface area contributed by atoms with Gasteiger partial charge in [0.2, 0.25) is 0 Å². The number of aliphatic hydroxyl groups is 1. The molecule has 0 amide bonds. The van der Waals surface area contributed by atoms with Crippen LogP contribution < -0.4 is 10.5 Å². The molecule has 2 heterocycles. The molecule has 0 aromatic carbocycles. The summed E-state index contributed by atoms with van der Waals surface area (Å²) in [6.45, 7) is 1.74. The molecule has 1 fully saturated rings. The minimum atomic E-state index is -0.370. The third kappa shape index (κ3) is 2.20. The van der Waals surface area contributed by atoms with Crippen molar-refractivity contribution in [1.82, 2.24) is 10.2 Å². The van der Waals surface area contributed by atoms with E-state index in [4.69, 9.17) is 16.7 Å². The number of aromatic amines is 1. The highest BCUT2D eigenvalue weighted by Gasteiger charge is 2.21. The van der Waals surface area contributed by atoms with Crippen molar-refractivity contribution in [2.75, 3.05) is 24.6 Å². The number of nitrogens with zero attached hydrogens (tertiary/aromatic N) is 2. The van der Waals surface area contributed by atoms with Crippen LogP contribution in [0.2, 0.25) is 5.02 Å². The maximum atomic E-state index is 11.3. The monoisotopic (exact) mass is 243 g/mol. The zero-order valence-corrected chi connectivity index (χ0v) is 9.57. The number of rotatable bonds is 2. The number of H-pyrrole nitrogens is 1. The fourth-order valence-electron chi connectivity index (χ4n) is 2.03. The molecule has 0 aliphatic carbocycles. The summed E-state index contributed by atoms with van der Waals surface area (Å²) in [4.78, 5) is 13.3. The van der Waals surface area contributed by atoms with Gasteiger partial charge < -0.3 is 10.0 Å². The molecule has 0 bridgehead atoms. The maximum Gasteiger partial charge on any atom is 0.285 e. The van der Waals surface area contributed by atoms with E-state index in [0.717, 1.165) is 25.9 Å². The highest BCUT2D eigenvalue weighted by Crippen LogP contribution is 2.26. The van der Waals surface area contributed by atoms with Crippen molar-refractivity contribution >= 4 is 17.3 Å². The van der Waals surface area contributed by atoms with Gasteiger partial charge in [0, 0.05) is 19.7 Å². The summed E-state index contributed by atoms with van der Waals surface area (Å²) in [5, 5.41) is 15.3. The Labute approximate surface area is 98.0 Å². The molecule has 88 valence electrons. The Bertz CT molecular complexity index is 421. The third-order valence-corrected chi connectivity index (χ3v) is 3.26. The van der Waals surface area contributed by atoms with Crippen LogP contribution in [0.5, 0.6) is 0 Å². The molecule has 0 radical (unpaired) electrons. The lowest BCUT2D eigenvalue weighted by Crippen LogP contribution is -2.37. The Balaban J connectivity index is 2.23. The second-order valence-electron chi connectivity index (χ2n) is 4.04. The summed E-state index contributed by atoms with van der Waals surface area (Å²) in [5.41, 5.74) is 0.286. The predicted octanol–water partition coefficient (Wildman–Crippen LogP) is 0.632. The van der Waals surface area contributed by atoms with Gasteiger partial charge in [0.05, 0.1) is 11.9 Å². The van der Waals surface area contributed by atoms with E-state index in [9.17, 15) is 4.79 Å². The number of nitrogens with one attached hydrogen (secondary N) is 1. The first-order valence-electron chi connectivity index (χ1n) is 5.31. The number of piperidine rings is 1. The summed E-state index contributed by atoms with van der Waals surface area (Å²) >= 11 is 5.93. The summed E-state index contributed by atoms with van der Waals surface area (Å²) < 4.78 is 0. The van der Waals surface area contributed by atoms with E-state index < -0.39 is 0 Å². The van der Waals surface area contributed by atoms with Crippen LogP contribution in [0, 0.1) is 5.92 Å². The minimum Gasteiger partial charge on any atom is -0.396 e. The number of hydrogen-bond acceptors (Lipinski definition) is 4. The lowest BCUT2D eigenvalue weighted by atomic mass is 9.99. The molecule has 0 saturated carbocycles. The average Bonchev–Trinajstić information content (AvgIpc) is 2.33. The van der Waals surface area contributed by atoms with Gasteiger partial charge in [0.1, 0.15) is 5.02 Å². The smallest absolute Gasteiger partial charge is 0.285 e. The SMILES string of the molecule is O=c1[nH]ncc(N2CCC[C@@H](CO)C2)c1Cl. The number of anilines is 1. The van der Waals surface area contributed by atoms with Crippen LogP contribution in [0.15, 0.2) is 11.0 Å². The molecule has 1 saturated heterocycles. The molecule has 1 aromatic rings. The van der Waals surface area contributed by atoms with Gasteiger partial charge in [-0.1, -0.05) is 11.6 Å². The van der Waals surface area contributed by atoms with E-state index in [-0.39, 0.29) is 23.1 Å². The molecule has 1 aromatic heterocycles. The molecule has 16 heavy (non-hydrogen) atoms. The van der Waals surface area contributed by atoms with E-state index in [1.54, 1.807) is 6.20 Å². The summed E-state index contributed by atoms with van der Waals surface area (Å²) in [5.74, 6) is 0.254. The van der Waals surface area contributed by atoms with Crippen molar-refractivity contribution in [3.05, 3.63) is 21.6 Å². The van der Waals surface area contributed by atoms with E-state index in [2.05, 4.69) is 10.2 Å². The van der Waals surface area contributed by atoms with Gasteiger partial charge in [-0.05, 0) is 18.8 Å². The minimum absolute atomic E-state index is 0.171. The molecule has 0 unspecified atom stereocenters. The second kappa shape index (κ2) is 4.84. The first kappa shape index (κ1) is 11.4. The van der Waals surface area contributed by atoms with E-state index in [1.165, 1.54) is 0 Å². The van der Waals surface area contributed by atoms with Gasteiger partial charge in [-0.15, -0.1) is 0 Å². The molecular formula is C10H14ClN3O2. The van der Waals surface area contributed by atoms with Crippen molar-refractivity contribution in [3.8, 4) is 0 Å². The Morgan fingerprint density at radius 2 is 2.50 bits per heavy atom. The topological polar surface area (TPSA) is 69.2 Å². The van der Waals surface area contributed by atoms with Crippen molar-refractivity contribution < 1.29 is 5.11 Å². The summed E-state index contributed by atoms with van der Waals surface area (Å²) in [7, 11) is 0. The van der Waals surface area contributed by atoms with Crippen LogP contribution in [-0.4, -0.2) is 35.0 Å². The van der Waals surface area contributed by atoms with E-state index in [0.29, 0.717) is 5.69 Å². The first-order chi connectivity index (χ1) is 7.72. The highest BCUT2D eigenvalue weighted by molar-refractivity contribution is 6.32. The van der Waals surface area contributed by atoms with Gasteiger partial charge >= 0.3 is 0 Å². The van der Waals surface area contributed by atoms with Gasteiger partial charge in [-0.25, -0.2) is 5.10 Å². The second-order valence-corrected chi connectivity index (χ2v) is 4.41. The normalized spacial score (nSPS) is 21.1. The first-order valence-corrected chi connectivity index (χ1v) is 5.69. The third-order valence-electron chi connectivity index (χ3n) is 2.90. The van der Waals surface area contributed by atoms with E-state index >= 15 is 0 Å². The zero-order valence-electron chi connectivity index (χ0n) is 8.82. The standard InChI is InChI=1S/C10H14ClN3O2/c11-9-8(4-12-13-10(9)16)14-3-1-2-7(5-14)6-15/h4,7,15H,1-3,5-6H2,(H,13,16)/t7-/m1/s1. The lowest BCUT2D eigenvalue weighted by Gasteiger charge is -2.33. The lowest BCUT2D eigenvalue weighted by molar-refractivity contribution is 0.208. The predicted molar refractivity (Wildman–Crippen MR) is 61.9 cm³/mol. The van der Waals surface area contributed by atoms with Crippen LogP contribution in [0.4, 0.5) is 5.69 Å². The van der Waals surface area contributed by atoms with Gasteiger partial charge in [-0.3, -0.25) is 4.79 Å². The number of halogens is 1. The maximum absolute atomic E-state index is 11.3. The zero-order chi connectivity index (χ0) is 11.5. The molecule has 2 N–H and O–H groups in total. The van der Waals surface area contributed by atoms with Crippen molar-refractivity contribution in [2.45, 2.75) is 12.8 Å². The number of aliphatic hydroxyl groups excluding tert-OH is 1. The van der Waals surface area contributed by atoms with Crippen molar-refractivity contribution in [2.24, 2.45) is 5.92 Å². The van der Waals surface area contributed by atoms with Crippen molar-refractivity contribution in [1.29, 1.82) is 0 Å². The molecule has 0 spiro atoms. The van der Waals surface area contributed by atoms with Gasteiger partial charge in [0.25, 0.3) is 5.56 Å². The quantitative estimate of drug-likeness (QED) is 0.800.